The minimum Gasteiger partial charge on any atom is -0.406 e. The lowest BCUT2D eigenvalue weighted by Gasteiger charge is -2.30. The molecule has 3 amide bonds. The van der Waals surface area contributed by atoms with E-state index in [2.05, 4.69) is 25.3 Å². The van der Waals surface area contributed by atoms with E-state index >= 15 is 0 Å². The molecular formula is C29H30F4N6O4. The van der Waals surface area contributed by atoms with Crippen molar-refractivity contribution in [2.24, 2.45) is 0 Å². The Balaban J connectivity index is 1.53. The standard InChI is InChI=1S/C29H30F4N6O4/c1-17-13-35-20(14-34-17)12-25(40)37-28(2,3)27(42)36-22-16-39(15-18-5-8-21(9-6-18)43-29(31,32)33)23-10-7-19(30)11-24(23)38(4)26(22)41/h5-11,13-14,22H,12,15-16H2,1-4H3,(H,36,42)(H,37,40)/t22-/m1/s1. The average molecular weight is 603 g/mol. The van der Waals surface area contributed by atoms with Gasteiger partial charge >= 0.3 is 6.36 Å². The van der Waals surface area contributed by atoms with Crippen LogP contribution in [0.4, 0.5) is 28.9 Å². The van der Waals surface area contributed by atoms with Crippen LogP contribution in [0.5, 0.6) is 5.75 Å². The van der Waals surface area contributed by atoms with Crippen molar-refractivity contribution in [1.29, 1.82) is 0 Å². The molecule has 0 aliphatic carbocycles. The maximum Gasteiger partial charge on any atom is 0.573 e. The molecule has 1 aliphatic rings. The van der Waals surface area contributed by atoms with Gasteiger partial charge in [0.15, 0.2) is 0 Å². The molecule has 0 fully saturated rings. The second-order valence-electron chi connectivity index (χ2n) is 10.6. The number of amides is 3. The van der Waals surface area contributed by atoms with Crippen LogP contribution < -0.4 is 25.2 Å². The number of ether oxygens (including phenoxy) is 1. The number of benzene rings is 2. The summed E-state index contributed by atoms with van der Waals surface area (Å²) in [5.41, 5.74) is 0.950. The van der Waals surface area contributed by atoms with Crippen molar-refractivity contribution in [3.8, 4) is 5.75 Å². The summed E-state index contributed by atoms with van der Waals surface area (Å²) in [5.74, 6) is -2.64. The Morgan fingerprint density at radius 2 is 1.74 bits per heavy atom. The molecule has 228 valence electrons. The summed E-state index contributed by atoms with van der Waals surface area (Å²) >= 11 is 0. The van der Waals surface area contributed by atoms with Crippen molar-refractivity contribution < 1.29 is 36.7 Å². The minimum atomic E-state index is -4.84. The molecule has 1 atom stereocenters. The molecule has 1 aromatic heterocycles. The number of nitrogens with zero attached hydrogens (tertiary/aromatic N) is 4. The van der Waals surface area contributed by atoms with Crippen LogP contribution in [-0.2, 0) is 27.3 Å². The molecule has 0 unspecified atom stereocenters. The fourth-order valence-electron chi connectivity index (χ4n) is 4.52. The van der Waals surface area contributed by atoms with Gasteiger partial charge < -0.3 is 25.2 Å². The number of nitrogens with one attached hydrogen (secondary N) is 2. The van der Waals surface area contributed by atoms with Crippen molar-refractivity contribution >= 4 is 29.1 Å². The van der Waals surface area contributed by atoms with Crippen LogP contribution in [0.1, 0.15) is 30.8 Å². The average Bonchev–Trinajstić information content (AvgIpc) is 3.00. The Morgan fingerprint density at radius 1 is 1.05 bits per heavy atom. The molecule has 1 aliphatic heterocycles. The van der Waals surface area contributed by atoms with Gasteiger partial charge in [-0.25, -0.2) is 4.39 Å². The first-order chi connectivity index (χ1) is 20.1. The fourth-order valence-corrected chi connectivity index (χ4v) is 4.52. The van der Waals surface area contributed by atoms with Gasteiger partial charge in [0.1, 0.15) is 23.1 Å². The number of aromatic nitrogens is 2. The van der Waals surface area contributed by atoms with Crippen LogP contribution in [0.2, 0.25) is 0 Å². The summed E-state index contributed by atoms with van der Waals surface area (Å²) in [6, 6.07) is 7.96. The topological polar surface area (TPSA) is 117 Å². The molecule has 43 heavy (non-hydrogen) atoms. The molecule has 0 saturated heterocycles. The van der Waals surface area contributed by atoms with Gasteiger partial charge in [-0.3, -0.25) is 24.4 Å². The van der Waals surface area contributed by atoms with Gasteiger partial charge in [-0.1, -0.05) is 12.1 Å². The van der Waals surface area contributed by atoms with E-state index in [1.165, 1.54) is 68.5 Å². The van der Waals surface area contributed by atoms with Crippen LogP contribution >= 0.6 is 0 Å². The number of anilines is 2. The molecule has 14 heteroatoms. The first-order valence-electron chi connectivity index (χ1n) is 13.2. The van der Waals surface area contributed by atoms with E-state index in [0.717, 1.165) is 12.1 Å². The number of carbonyl (C=O) groups is 3. The van der Waals surface area contributed by atoms with Crippen molar-refractivity contribution in [3.05, 3.63) is 77.6 Å². The van der Waals surface area contributed by atoms with Crippen molar-refractivity contribution in [2.45, 2.75) is 51.7 Å². The fraction of sp³-hybridized carbons (Fsp3) is 0.345. The second-order valence-corrected chi connectivity index (χ2v) is 10.6. The highest BCUT2D eigenvalue weighted by molar-refractivity contribution is 6.04. The zero-order valence-corrected chi connectivity index (χ0v) is 23.8. The third-order valence-corrected chi connectivity index (χ3v) is 6.70. The molecule has 2 aromatic carbocycles. The number of likely N-dealkylation sites (N-methyl/N-ethyl adjacent to an activating group) is 1. The normalized spacial score (nSPS) is 15.4. The Hall–Kier alpha value is -4.75. The van der Waals surface area contributed by atoms with Gasteiger partial charge in [0.25, 0.3) is 5.91 Å². The summed E-state index contributed by atoms with van der Waals surface area (Å²) in [6.07, 6.45) is -1.97. The number of carbonyl (C=O) groups excluding carboxylic acids is 3. The van der Waals surface area contributed by atoms with Gasteiger partial charge in [0.05, 0.1) is 29.2 Å². The number of fused-ring (bicyclic) bond motifs is 1. The minimum absolute atomic E-state index is 0.0582. The van der Waals surface area contributed by atoms with Crippen LogP contribution in [0.25, 0.3) is 0 Å². The Bertz CT molecular complexity index is 1500. The molecular weight excluding hydrogens is 572 g/mol. The predicted molar refractivity (Wildman–Crippen MR) is 149 cm³/mol. The second kappa shape index (κ2) is 12.2. The molecule has 0 spiro atoms. The maximum absolute atomic E-state index is 14.2. The third-order valence-electron chi connectivity index (χ3n) is 6.70. The smallest absolute Gasteiger partial charge is 0.406 e. The molecule has 0 radical (unpaired) electrons. The number of hydrogen-bond acceptors (Lipinski definition) is 7. The third kappa shape index (κ3) is 7.96. The molecule has 4 rings (SSSR count). The Kier molecular flexibility index (Phi) is 8.88. The summed E-state index contributed by atoms with van der Waals surface area (Å²) in [5, 5.41) is 5.35. The summed E-state index contributed by atoms with van der Waals surface area (Å²) in [4.78, 5) is 50.7. The van der Waals surface area contributed by atoms with E-state index < -0.39 is 47.2 Å². The largest absolute Gasteiger partial charge is 0.573 e. The van der Waals surface area contributed by atoms with E-state index in [9.17, 15) is 31.9 Å². The maximum atomic E-state index is 14.2. The molecule has 0 saturated carbocycles. The van der Waals surface area contributed by atoms with Gasteiger partial charge in [-0.15, -0.1) is 13.2 Å². The number of rotatable bonds is 8. The zero-order valence-electron chi connectivity index (χ0n) is 23.8. The molecule has 2 heterocycles. The van der Waals surface area contributed by atoms with E-state index in [0.29, 0.717) is 22.6 Å². The Morgan fingerprint density at radius 3 is 2.37 bits per heavy atom. The highest BCUT2D eigenvalue weighted by atomic mass is 19.4. The van der Waals surface area contributed by atoms with Crippen molar-refractivity contribution in [1.82, 2.24) is 20.6 Å². The summed E-state index contributed by atoms with van der Waals surface area (Å²) in [6.45, 7) is 4.78. The number of aryl methyl sites for hydroxylation is 1. The van der Waals surface area contributed by atoms with Crippen LogP contribution in [0, 0.1) is 12.7 Å². The quantitative estimate of drug-likeness (QED) is 0.380. The van der Waals surface area contributed by atoms with Crippen molar-refractivity contribution in [2.75, 3.05) is 23.4 Å². The van der Waals surface area contributed by atoms with Gasteiger partial charge in [0.2, 0.25) is 11.8 Å². The number of alkyl halides is 3. The number of hydrogen-bond donors (Lipinski definition) is 2. The van der Waals surface area contributed by atoms with E-state index in [4.69, 9.17) is 0 Å². The number of halogens is 4. The van der Waals surface area contributed by atoms with E-state index in [1.54, 1.807) is 11.8 Å². The van der Waals surface area contributed by atoms with Crippen LogP contribution in [0.15, 0.2) is 54.9 Å². The first kappa shape index (κ1) is 31.2. The first-order valence-corrected chi connectivity index (χ1v) is 13.2. The molecule has 2 N–H and O–H groups in total. The van der Waals surface area contributed by atoms with E-state index in [1.807, 2.05) is 0 Å². The van der Waals surface area contributed by atoms with Crippen LogP contribution in [0.3, 0.4) is 0 Å². The SMILES string of the molecule is Cc1cnc(CC(=O)NC(C)(C)C(=O)N[C@@H]2CN(Cc3ccc(OC(F)(F)F)cc3)c3ccc(F)cc3N(C)C2=O)cn1. The molecule has 10 nitrogen and oxygen atoms in total. The van der Waals surface area contributed by atoms with Gasteiger partial charge in [-0.2, -0.15) is 0 Å². The summed E-state index contributed by atoms with van der Waals surface area (Å²) < 4.78 is 55.9. The highest BCUT2D eigenvalue weighted by Gasteiger charge is 2.37. The predicted octanol–water partition coefficient (Wildman–Crippen LogP) is 3.43. The lowest BCUT2D eigenvalue weighted by molar-refractivity contribution is -0.274. The van der Waals surface area contributed by atoms with Crippen molar-refractivity contribution in [3.63, 3.8) is 0 Å². The monoisotopic (exact) mass is 602 g/mol. The lowest BCUT2D eigenvalue weighted by atomic mass is 10.0. The zero-order chi connectivity index (χ0) is 31.5. The van der Waals surface area contributed by atoms with E-state index in [-0.39, 0.29) is 25.2 Å². The molecule has 3 aromatic rings. The molecule has 0 bridgehead atoms. The summed E-state index contributed by atoms with van der Waals surface area (Å²) in [7, 11) is 1.45. The van der Waals surface area contributed by atoms with Crippen LogP contribution in [-0.4, -0.2) is 59.2 Å². The lowest BCUT2D eigenvalue weighted by Crippen LogP contribution is -2.60. The van der Waals surface area contributed by atoms with Gasteiger partial charge in [0, 0.05) is 32.5 Å². The van der Waals surface area contributed by atoms with Gasteiger partial charge in [-0.05, 0) is 56.7 Å². The Labute approximate surface area is 245 Å². The highest BCUT2D eigenvalue weighted by Crippen LogP contribution is 2.34.